The third kappa shape index (κ3) is 4.77. The van der Waals surface area contributed by atoms with Gasteiger partial charge in [-0.15, -0.1) is 11.3 Å². The van der Waals surface area contributed by atoms with Crippen LogP contribution in [0.5, 0.6) is 11.5 Å². The molecule has 2 aromatic carbocycles. The lowest BCUT2D eigenvalue weighted by molar-refractivity contribution is -0.384. The topological polar surface area (TPSA) is 90.7 Å². The summed E-state index contributed by atoms with van der Waals surface area (Å²) in [4.78, 5) is 23.8. The number of aryl methyl sites for hydroxylation is 2. The van der Waals surface area contributed by atoms with Crippen LogP contribution in [-0.2, 0) is 6.61 Å². The van der Waals surface area contributed by atoms with E-state index in [4.69, 9.17) is 9.47 Å². The van der Waals surface area contributed by atoms with Crippen LogP contribution in [-0.4, -0.2) is 17.9 Å². The zero-order valence-electron chi connectivity index (χ0n) is 17.1. The SMILES string of the molecule is COc1ccc(NC(=O)c2cc(COc3cc(C)cc(C)c3C)cs2)c([N+](=O)[O-])c1. The number of amides is 1. The fraction of sp³-hybridized carbons (Fsp3) is 0.227. The molecule has 1 amide bonds. The van der Waals surface area contributed by atoms with E-state index in [0.717, 1.165) is 28.0 Å². The Morgan fingerprint density at radius 1 is 1.17 bits per heavy atom. The summed E-state index contributed by atoms with van der Waals surface area (Å²) in [6, 6.07) is 10.1. The number of carbonyl (C=O) groups is 1. The Morgan fingerprint density at radius 2 is 1.93 bits per heavy atom. The van der Waals surface area contributed by atoms with E-state index in [-0.39, 0.29) is 11.4 Å². The molecule has 3 aromatic rings. The van der Waals surface area contributed by atoms with Crippen molar-refractivity contribution in [3.05, 3.63) is 79.0 Å². The maximum atomic E-state index is 12.6. The number of nitrogens with zero attached hydrogens (tertiary/aromatic N) is 1. The number of ether oxygens (including phenoxy) is 2. The summed E-state index contributed by atoms with van der Waals surface area (Å²) in [5, 5.41) is 15.7. The fourth-order valence-corrected chi connectivity index (χ4v) is 3.75. The first-order valence-electron chi connectivity index (χ1n) is 9.20. The number of nitro benzene ring substituents is 1. The number of hydrogen-bond acceptors (Lipinski definition) is 6. The average Bonchev–Trinajstić information content (AvgIpc) is 3.19. The molecule has 0 aliphatic carbocycles. The summed E-state index contributed by atoms with van der Waals surface area (Å²) < 4.78 is 11.0. The molecule has 0 saturated carbocycles. The summed E-state index contributed by atoms with van der Waals surface area (Å²) in [5.41, 5.74) is 4.11. The van der Waals surface area contributed by atoms with Crippen LogP contribution in [0.15, 0.2) is 41.8 Å². The molecule has 0 aliphatic heterocycles. The van der Waals surface area contributed by atoms with Crippen molar-refractivity contribution in [3.63, 3.8) is 0 Å². The second-order valence-electron chi connectivity index (χ2n) is 6.91. The highest BCUT2D eigenvalue weighted by Crippen LogP contribution is 2.30. The van der Waals surface area contributed by atoms with Crippen LogP contribution in [0, 0.1) is 30.9 Å². The van der Waals surface area contributed by atoms with Gasteiger partial charge in [-0.25, -0.2) is 0 Å². The smallest absolute Gasteiger partial charge is 0.296 e. The molecule has 3 rings (SSSR count). The number of methoxy groups -OCH3 is 1. The Bertz CT molecular complexity index is 1110. The Hall–Kier alpha value is -3.39. The molecule has 0 atom stereocenters. The summed E-state index contributed by atoms with van der Waals surface area (Å²) >= 11 is 1.26. The second-order valence-corrected chi connectivity index (χ2v) is 7.82. The predicted molar refractivity (Wildman–Crippen MR) is 117 cm³/mol. The molecule has 8 heteroatoms. The molecule has 0 unspecified atom stereocenters. The summed E-state index contributed by atoms with van der Waals surface area (Å²) in [6.07, 6.45) is 0. The molecule has 0 fully saturated rings. The Kier molecular flexibility index (Phi) is 6.37. The van der Waals surface area contributed by atoms with Crippen LogP contribution in [0.4, 0.5) is 11.4 Å². The fourth-order valence-electron chi connectivity index (χ4n) is 2.96. The zero-order valence-corrected chi connectivity index (χ0v) is 18.0. The summed E-state index contributed by atoms with van der Waals surface area (Å²) in [6.45, 7) is 6.40. The van der Waals surface area contributed by atoms with Crippen LogP contribution in [0.3, 0.4) is 0 Å². The van der Waals surface area contributed by atoms with Crippen LogP contribution < -0.4 is 14.8 Å². The summed E-state index contributed by atoms with van der Waals surface area (Å²) in [7, 11) is 1.42. The predicted octanol–water partition coefficient (Wildman–Crippen LogP) is 5.42. The largest absolute Gasteiger partial charge is 0.496 e. The van der Waals surface area contributed by atoms with E-state index in [1.165, 1.54) is 30.6 Å². The van der Waals surface area contributed by atoms with Crippen molar-refractivity contribution in [2.75, 3.05) is 12.4 Å². The molecular weight excluding hydrogens is 404 g/mol. The molecule has 0 aliphatic rings. The van der Waals surface area contributed by atoms with Gasteiger partial charge in [-0.3, -0.25) is 14.9 Å². The molecular formula is C22H22N2O5S. The van der Waals surface area contributed by atoms with Crippen LogP contribution in [0.1, 0.15) is 31.9 Å². The molecule has 0 spiro atoms. The van der Waals surface area contributed by atoms with Crippen LogP contribution in [0.25, 0.3) is 0 Å². The number of nitrogens with one attached hydrogen (secondary N) is 1. The number of nitro groups is 1. The van der Waals surface area contributed by atoms with E-state index in [9.17, 15) is 14.9 Å². The molecule has 0 radical (unpaired) electrons. The van der Waals surface area contributed by atoms with E-state index in [2.05, 4.69) is 11.4 Å². The van der Waals surface area contributed by atoms with Gasteiger partial charge in [-0.1, -0.05) is 6.07 Å². The highest BCUT2D eigenvalue weighted by molar-refractivity contribution is 7.12. The van der Waals surface area contributed by atoms with E-state index in [0.29, 0.717) is 17.2 Å². The van der Waals surface area contributed by atoms with Gasteiger partial charge in [-0.05, 0) is 67.1 Å². The summed E-state index contributed by atoms with van der Waals surface area (Å²) in [5.74, 6) is 0.748. The van der Waals surface area contributed by atoms with Gasteiger partial charge in [0.2, 0.25) is 0 Å². The third-order valence-corrected chi connectivity index (χ3v) is 5.66. The molecule has 30 heavy (non-hydrogen) atoms. The molecule has 7 nitrogen and oxygen atoms in total. The standard InChI is InChI=1S/C22H22N2O5S/c1-13-7-14(2)15(3)20(8-13)29-11-16-9-21(30-12-16)22(25)23-18-6-5-17(28-4)10-19(18)24(26)27/h5-10,12H,11H2,1-4H3,(H,23,25). The van der Waals surface area contributed by atoms with Gasteiger partial charge in [-0.2, -0.15) is 0 Å². The molecule has 0 saturated heterocycles. The molecule has 1 heterocycles. The van der Waals surface area contributed by atoms with Gasteiger partial charge in [0.1, 0.15) is 23.8 Å². The lowest BCUT2D eigenvalue weighted by atomic mass is 10.1. The number of carbonyl (C=O) groups excluding carboxylic acids is 1. The maximum absolute atomic E-state index is 12.6. The van der Waals surface area contributed by atoms with Crippen molar-refractivity contribution in [3.8, 4) is 11.5 Å². The maximum Gasteiger partial charge on any atom is 0.296 e. The number of benzene rings is 2. The Balaban J connectivity index is 1.71. The minimum Gasteiger partial charge on any atom is -0.496 e. The van der Waals surface area contributed by atoms with Crippen LogP contribution in [0.2, 0.25) is 0 Å². The van der Waals surface area contributed by atoms with E-state index < -0.39 is 10.8 Å². The molecule has 156 valence electrons. The van der Waals surface area contributed by atoms with E-state index in [1.54, 1.807) is 12.1 Å². The minimum absolute atomic E-state index is 0.114. The quantitative estimate of drug-likeness (QED) is 0.402. The Labute approximate surface area is 178 Å². The number of hydrogen-bond donors (Lipinski definition) is 1. The lowest BCUT2D eigenvalue weighted by Crippen LogP contribution is -2.11. The molecule has 1 aromatic heterocycles. The van der Waals surface area contributed by atoms with Crippen molar-refractivity contribution in [1.82, 2.24) is 0 Å². The van der Waals surface area contributed by atoms with Crippen LogP contribution >= 0.6 is 11.3 Å². The molecule has 0 bridgehead atoms. The third-order valence-electron chi connectivity index (χ3n) is 4.69. The van der Waals surface area contributed by atoms with Crippen molar-refractivity contribution in [2.45, 2.75) is 27.4 Å². The average molecular weight is 426 g/mol. The second kappa shape index (κ2) is 8.96. The van der Waals surface area contributed by atoms with Crippen molar-refractivity contribution in [1.29, 1.82) is 0 Å². The first-order valence-corrected chi connectivity index (χ1v) is 10.1. The van der Waals surface area contributed by atoms with Gasteiger partial charge >= 0.3 is 0 Å². The van der Waals surface area contributed by atoms with Gasteiger partial charge in [0.15, 0.2) is 0 Å². The van der Waals surface area contributed by atoms with Crippen molar-refractivity contribution in [2.24, 2.45) is 0 Å². The number of anilines is 1. The van der Waals surface area contributed by atoms with Gasteiger partial charge in [0, 0.05) is 5.56 Å². The molecule has 1 N–H and O–H groups in total. The first kappa shape index (κ1) is 21.3. The van der Waals surface area contributed by atoms with E-state index >= 15 is 0 Å². The number of thiophene rings is 1. The van der Waals surface area contributed by atoms with Gasteiger partial charge in [0.25, 0.3) is 11.6 Å². The van der Waals surface area contributed by atoms with Gasteiger partial charge in [0.05, 0.1) is 23.0 Å². The normalized spacial score (nSPS) is 10.5. The van der Waals surface area contributed by atoms with Crippen molar-refractivity contribution < 1.29 is 19.2 Å². The van der Waals surface area contributed by atoms with Gasteiger partial charge < -0.3 is 14.8 Å². The zero-order chi connectivity index (χ0) is 21.8. The highest BCUT2D eigenvalue weighted by atomic mass is 32.1. The lowest BCUT2D eigenvalue weighted by Gasteiger charge is -2.11. The Morgan fingerprint density at radius 3 is 2.63 bits per heavy atom. The minimum atomic E-state index is -0.558. The van der Waals surface area contributed by atoms with Crippen molar-refractivity contribution >= 4 is 28.6 Å². The first-order chi connectivity index (χ1) is 14.3. The number of rotatable bonds is 7. The monoisotopic (exact) mass is 426 g/mol. The highest BCUT2D eigenvalue weighted by Gasteiger charge is 2.19. The van der Waals surface area contributed by atoms with E-state index in [1.807, 2.05) is 32.2 Å².